The Morgan fingerprint density at radius 3 is 2.11 bits per heavy atom. The van der Waals surface area contributed by atoms with Crippen molar-refractivity contribution in [2.24, 2.45) is 0 Å². The van der Waals surface area contributed by atoms with Crippen LogP contribution >= 0.6 is 0 Å². The van der Waals surface area contributed by atoms with Crippen LogP contribution in [0, 0.1) is 0 Å². The number of carbonyl (C=O) groups is 1. The maximum Gasteiger partial charge on any atom is 0.410 e. The highest BCUT2D eigenvalue weighted by Crippen LogP contribution is 2.40. The zero-order valence-electron chi connectivity index (χ0n) is 11.0. The van der Waals surface area contributed by atoms with E-state index in [9.17, 15) is 13.6 Å². The maximum atomic E-state index is 12.6. The first-order valence-corrected chi connectivity index (χ1v) is 6.32. The van der Waals surface area contributed by atoms with Gasteiger partial charge >= 0.3 is 6.09 Å². The molecule has 2 bridgehead atoms. The first-order chi connectivity index (χ1) is 8.28. The van der Waals surface area contributed by atoms with Crippen molar-refractivity contribution < 1.29 is 18.3 Å². The highest BCUT2D eigenvalue weighted by atomic mass is 19.3. The van der Waals surface area contributed by atoms with E-state index in [4.69, 9.17) is 4.74 Å². The summed E-state index contributed by atoms with van der Waals surface area (Å²) in [6.45, 7) is 5.43. The van der Waals surface area contributed by atoms with Crippen LogP contribution in [-0.2, 0) is 4.74 Å². The smallest absolute Gasteiger partial charge is 0.410 e. The molecule has 0 radical (unpaired) electrons. The van der Waals surface area contributed by atoms with Crippen LogP contribution in [0.25, 0.3) is 0 Å². The van der Waals surface area contributed by atoms with E-state index in [0.717, 1.165) is 12.8 Å². The van der Waals surface area contributed by atoms with Crippen molar-refractivity contribution in [3.63, 3.8) is 0 Å². The van der Waals surface area contributed by atoms with Gasteiger partial charge in [-0.25, -0.2) is 4.79 Å². The molecule has 2 heterocycles. The fraction of sp³-hybridized carbons (Fsp3) is 0.769. The number of ether oxygens (including phenoxy) is 1. The molecule has 3 nitrogen and oxygen atoms in total. The molecule has 0 spiro atoms. The SMILES string of the molecule is CC(C)(C)OC(=O)N1C2CCC1CC(=C(F)F)C2. The van der Waals surface area contributed by atoms with E-state index in [1.165, 1.54) is 0 Å². The average molecular weight is 259 g/mol. The lowest BCUT2D eigenvalue weighted by molar-refractivity contribution is 0.0110. The molecule has 2 aliphatic heterocycles. The molecule has 0 aliphatic carbocycles. The van der Waals surface area contributed by atoms with Gasteiger partial charge in [-0.3, -0.25) is 0 Å². The topological polar surface area (TPSA) is 29.5 Å². The fourth-order valence-corrected chi connectivity index (χ4v) is 2.78. The van der Waals surface area contributed by atoms with E-state index in [-0.39, 0.29) is 36.6 Å². The minimum absolute atomic E-state index is 0.116. The molecule has 2 saturated heterocycles. The van der Waals surface area contributed by atoms with Gasteiger partial charge in [0.25, 0.3) is 6.08 Å². The average Bonchev–Trinajstić information content (AvgIpc) is 2.47. The van der Waals surface area contributed by atoms with E-state index in [1.54, 1.807) is 4.90 Å². The maximum absolute atomic E-state index is 12.6. The van der Waals surface area contributed by atoms with E-state index in [2.05, 4.69) is 0 Å². The third kappa shape index (κ3) is 2.65. The molecule has 0 saturated carbocycles. The Morgan fingerprint density at radius 1 is 1.22 bits per heavy atom. The Labute approximate surface area is 106 Å². The normalized spacial score (nSPS) is 27.4. The van der Waals surface area contributed by atoms with Gasteiger partial charge in [0.1, 0.15) is 5.60 Å². The van der Waals surface area contributed by atoms with E-state index >= 15 is 0 Å². The molecule has 0 aromatic rings. The monoisotopic (exact) mass is 259 g/mol. The number of fused-ring (bicyclic) bond motifs is 2. The Balaban J connectivity index is 2.10. The molecular formula is C13H19F2NO2. The predicted octanol–water partition coefficient (Wildman–Crippen LogP) is 3.70. The third-order valence-corrected chi connectivity index (χ3v) is 3.46. The van der Waals surface area contributed by atoms with Crippen LogP contribution in [-0.4, -0.2) is 28.7 Å². The van der Waals surface area contributed by atoms with Gasteiger partial charge in [0.05, 0.1) is 0 Å². The van der Waals surface area contributed by atoms with Gasteiger partial charge in [0, 0.05) is 12.1 Å². The number of nitrogens with zero attached hydrogens (tertiary/aromatic N) is 1. The van der Waals surface area contributed by atoms with Gasteiger partial charge in [-0.05, 0) is 52.0 Å². The molecule has 102 valence electrons. The first kappa shape index (κ1) is 13.3. The molecule has 2 fully saturated rings. The van der Waals surface area contributed by atoms with Gasteiger partial charge in [0.15, 0.2) is 0 Å². The molecular weight excluding hydrogens is 240 g/mol. The van der Waals surface area contributed by atoms with Crippen LogP contribution in [0.2, 0.25) is 0 Å². The van der Waals surface area contributed by atoms with Crippen molar-refractivity contribution in [2.75, 3.05) is 0 Å². The first-order valence-electron chi connectivity index (χ1n) is 6.32. The van der Waals surface area contributed by atoms with Gasteiger partial charge in [-0.1, -0.05) is 0 Å². The summed E-state index contributed by atoms with van der Waals surface area (Å²) in [5.41, 5.74) is -0.333. The quantitative estimate of drug-likeness (QED) is 0.664. The second-order valence-electron chi connectivity index (χ2n) is 6.04. The van der Waals surface area contributed by atoms with Crippen molar-refractivity contribution in [2.45, 2.75) is 64.1 Å². The lowest BCUT2D eigenvalue weighted by Crippen LogP contribution is -2.47. The zero-order chi connectivity index (χ0) is 13.5. The highest BCUT2D eigenvalue weighted by Gasteiger charge is 2.44. The number of hydrogen-bond donors (Lipinski definition) is 0. The second-order valence-corrected chi connectivity index (χ2v) is 6.04. The number of rotatable bonds is 0. The summed E-state index contributed by atoms with van der Waals surface area (Å²) >= 11 is 0. The standard InChI is InChI=1S/C13H19F2NO2/c1-13(2,3)18-12(17)16-9-4-5-10(16)7-8(6-9)11(14)15/h9-10H,4-7H2,1-3H3. The Morgan fingerprint density at radius 2 is 1.72 bits per heavy atom. The Hall–Kier alpha value is -1.13. The fourth-order valence-electron chi connectivity index (χ4n) is 2.78. The lowest BCUT2D eigenvalue weighted by Gasteiger charge is -2.36. The minimum Gasteiger partial charge on any atom is -0.444 e. The van der Waals surface area contributed by atoms with Crippen LogP contribution in [0.4, 0.5) is 13.6 Å². The summed E-state index contributed by atoms with van der Waals surface area (Å²) < 4.78 is 30.6. The van der Waals surface area contributed by atoms with Gasteiger partial charge in [-0.15, -0.1) is 0 Å². The van der Waals surface area contributed by atoms with E-state index < -0.39 is 11.7 Å². The summed E-state index contributed by atoms with van der Waals surface area (Å²) in [7, 11) is 0. The minimum atomic E-state index is -1.57. The number of carbonyl (C=O) groups excluding carboxylic acids is 1. The lowest BCUT2D eigenvalue weighted by atomic mass is 9.98. The van der Waals surface area contributed by atoms with Gasteiger partial charge < -0.3 is 9.64 Å². The summed E-state index contributed by atoms with van der Waals surface area (Å²) in [5.74, 6) is 0. The van der Waals surface area contributed by atoms with Crippen LogP contribution < -0.4 is 0 Å². The molecule has 1 amide bonds. The predicted molar refractivity (Wildman–Crippen MR) is 63.4 cm³/mol. The second kappa shape index (κ2) is 4.52. The molecule has 5 heteroatoms. The van der Waals surface area contributed by atoms with Crippen LogP contribution in [0.3, 0.4) is 0 Å². The van der Waals surface area contributed by atoms with Gasteiger partial charge in [0.2, 0.25) is 0 Å². The van der Waals surface area contributed by atoms with Crippen molar-refractivity contribution in [1.82, 2.24) is 4.90 Å². The van der Waals surface area contributed by atoms with Crippen molar-refractivity contribution in [1.29, 1.82) is 0 Å². The summed E-state index contributed by atoms with van der Waals surface area (Å²) in [6.07, 6.45) is 0.224. The number of halogens is 2. The number of piperidine rings is 1. The summed E-state index contributed by atoms with van der Waals surface area (Å²) in [5, 5.41) is 0. The molecule has 0 aromatic carbocycles. The summed E-state index contributed by atoms with van der Waals surface area (Å²) in [6, 6.07) is -0.231. The molecule has 0 N–H and O–H groups in total. The number of hydrogen-bond acceptors (Lipinski definition) is 2. The zero-order valence-corrected chi connectivity index (χ0v) is 11.0. The number of amides is 1. The van der Waals surface area contributed by atoms with E-state index in [1.807, 2.05) is 20.8 Å². The molecule has 2 aliphatic rings. The molecule has 0 aromatic heterocycles. The Bertz CT molecular complexity index is 367. The van der Waals surface area contributed by atoms with Crippen LogP contribution in [0.1, 0.15) is 46.5 Å². The van der Waals surface area contributed by atoms with Crippen molar-refractivity contribution >= 4 is 6.09 Å². The molecule has 18 heavy (non-hydrogen) atoms. The largest absolute Gasteiger partial charge is 0.444 e. The molecule has 2 atom stereocenters. The van der Waals surface area contributed by atoms with E-state index in [0.29, 0.717) is 0 Å². The van der Waals surface area contributed by atoms with Crippen molar-refractivity contribution in [3.8, 4) is 0 Å². The third-order valence-electron chi connectivity index (χ3n) is 3.46. The molecule has 2 unspecified atom stereocenters. The Kier molecular flexibility index (Phi) is 3.34. The highest BCUT2D eigenvalue weighted by molar-refractivity contribution is 5.70. The van der Waals surface area contributed by atoms with Crippen LogP contribution in [0.5, 0.6) is 0 Å². The summed E-state index contributed by atoms with van der Waals surface area (Å²) in [4.78, 5) is 13.7. The molecule has 2 rings (SSSR count). The van der Waals surface area contributed by atoms with Crippen molar-refractivity contribution in [3.05, 3.63) is 11.7 Å². The van der Waals surface area contributed by atoms with Gasteiger partial charge in [-0.2, -0.15) is 8.78 Å². The van der Waals surface area contributed by atoms with Crippen LogP contribution in [0.15, 0.2) is 11.7 Å².